The van der Waals surface area contributed by atoms with Gasteiger partial charge in [0.15, 0.2) is 0 Å². The van der Waals surface area contributed by atoms with Gasteiger partial charge in [0, 0.05) is 11.1 Å². The summed E-state index contributed by atoms with van der Waals surface area (Å²) in [6, 6.07) is 77.2. The number of ether oxygens (including phenoxy) is 1. The van der Waals surface area contributed by atoms with Crippen LogP contribution >= 0.6 is 0 Å². The van der Waals surface area contributed by atoms with E-state index in [9.17, 15) is 0 Å². The highest BCUT2D eigenvalue weighted by Crippen LogP contribution is 2.65. The van der Waals surface area contributed by atoms with Crippen LogP contribution in [0, 0.1) is 0 Å². The molecule has 0 bridgehead atoms. The second kappa shape index (κ2) is 11.1. The maximum Gasteiger partial charge on any atom is 0.132 e. The Morgan fingerprint density at radius 3 is 1.42 bits per heavy atom. The largest absolute Gasteiger partial charge is 0.457 e. The number of hydrogen-bond donors (Lipinski definition) is 0. The van der Waals surface area contributed by atoms with Gasteiger partial charge in [-0.15, -0.1) is 0 Å². The third-order valence-corrected chi connectivity index (χ3v) is 14.1. The van der Waals surface area contributed by atoms with Gasteiger partial charge in [0.2, 0.25) is 0 Å². The average molecular weight is 747 g/mol. The number of rotatable bonds is 1. The van der Waals surface area contributed by atoms with Gasteiger partial charge < -0.3 is 4.74 Å². The fraction of sp³-hybridized carbons (Fsp3) is 0.0345. The number of benzene rings is 10. The Kier molecular flexibility index (Phi) is 5.96. The van der Waals surface area contributed by atoms with Crippen molar-refractivity contribution in [3.63, 3.8) is 0 Å². The average Bonchev–Trinajstić information content (AvgIpc) is 3.88. The van der Waals surface area contributed by atoms with Crippen LogP contribution in [0.1, 0.15) is 44.5 Å². The third kappa shape index (κ3) is 3.77. The molecule has 59 heavy (non-hydrogen) atoms. The molecule has 10 aromatic rings. The summed E-state index contributed by atoms with van der Waals surface area (Å²) in [7, 11) is 0. The van der Waals surface area contributed by atoms with Gasteiger partial charge >= 0.3 is 0 Å². The lowest BCUT2D eigenvalue weighted by Gasteiger charge is -2.40. The van der Waals surface area contributed by atoms with Crippen molar-refractivity contribution in [2.24, 2.45) is 0 Å². The normalized spacial score (nSPS) is 16.5. The van der Waals surface area contributed by atoms with Gasteiger partial charge in [0.1, 0.15) is 11.5 Å². The summed E-state index contributed by atoms with van der Waals surface area (Å²) in [5.74, 6) is 1.82. The summed E-state index contributed by atoms with van der Waals surface area (Å²) < 4.78 is 6.97. The van der Waals surface area contributed by atoms with Crippen molar-refractivity contribution >= 4 is 21.5 Å². The van der Waals surface area contributed by atoms with Crippen LogP contribution < -0.4 is 4.74 Å². The van der Waals surface area contributed by atoms with Gasteiger partial charge in [-0.2, -0.15) is 0 Å². The highest BCUT2D eigenvalue weighted by molar-refractivity contribution is 6.01. The zero-order valence-corrected chi connectivity index (χ0v) is 32.0. The van der Waals surface area contributed by atoms with Crippen molar-refractivity contribution in [1.82, 2.24) is 0 Å². The van der Waals surface area contributed by atoms with E-state index < -0.39 is 10.8 Å². The van der Waals surface area contributed by atoms with Crippen molar-refractivity contribution < 1.29 is 4.74 Å². The summed E-state index contributed by atoms with van der Waals surface area (Å²) in [5, 5.41) is 4.98. The van der Waals surface area contributed by atoms with Crippen molar-refractivity contribution in [1.29, 1.82) is 0 Å². The van der Waals surface area contributed by atoms with E-state index in [0.717, 1.165) is 11.5 Å². The smallest absolute Gasteiger partial charge is 0.132 e. The highest BCUT2D eigenvalue weighted by Gasteiger charge is 2.53. The molecule has 1 aliphatic heterocycles. The number of fused-ring (bicyclic) bond motifs is 22. The van der Waals surface area contributed by atoms with E-state index in [0.29, 0.717) is 0 Å². The van der Waals surface area contributed by atoms with Crippen molar-refractivity contribution in [3.05, 3.63) is 251 Å². The molecule has 0 radical (unpaired) electrons. The molecule has 0 amide bonds. The molecule has 0 fully saturated rings. The summed E-state index contributed by atoms with van der Waals surface area (Å²) in [6.45, 7) is 0. The molecule has 0 aromatic heterocycles. The summed E-state index contributed by atoms with van der Waals surface area (Å²) >= 11 is 0. The monoisotopic (exact) mass is 746 g/mol. The molecule has 1 unspecified atom stereocenters. The van der Waals surface area contributed by atoms with Crippen LogP contribution in [-0.2, 0) is 10.8 Å². The molecule has 3 aliphatic carbocycles. The van der Waals surface area contributed by atoms with E-state index >= 15 is 0 Å². The van der Waals surface area contributed by atoms with Crippen molar-refractivity contribution in [3.8, 4) is 56.0 Å². The lowest BCUT2D eigenvalue weighted by Crippen LogP contribution is -2.32. The van der Waals surface area contributed by atoms with Gasteiger partial charge in [0.05, 0.1) is 10.8 Å². The van der Waals surface area contributed by atoms with Gasteiger partial charge in [-0.05, 0) is 136 Å². The van der Waals surface area contributed by atoms with E-state index in [1.54, 1.807) is 0 Å². The molecule has 1 heterocycles. The van der Waals surface area contributed by atoms with Crippen LogP contribution in [0.2, 0.25) is 0 Å². The van der Waals surface area contributed by atoms with E-state index in [4.69, 9.17) is 4.74 Å². The molecule has 14 rings (SSSR count). The molecule has 2 spiro atoms. The summed E-state index contributed by atoms with van der Waals surface area (Å²) in [6.07, 6.45) is 0. The molecule has 1 heteroatoms. The first kappa shape index (κ1) is 31.6. The Labute approximate surface area is 342 Å². The SMILES string of the molecule is c1ccc2c(c1)-c1cc(-c3ccc4c(c3)C3(c5ccccc5-c5ccccc53)c3c(ccc5ccccc35)O4)ccc1C21c2ccccc2-c2cc3ccccc3cc21. The van der Waals surface area contributed by atoms with Gasteiger partial charge in [-0.3, -0.25) is 0 Å². The van der Waals surface area contributed by atoms with Crippen molar-refractivity contribution in [2.45, 2.75) is 10.8 Å². The molecule has 0 N–H and O–H groups in total. The van der Waals surface area contributed by atoms with E-state index in [-0.39, 0.29) is 0 Å². The summed E-state index contributed by atoms with van der Waals surface area (Å²) in [4.78, 5) is 0. The molecule has 272 valence electrons. The van der Waals surface area contributed by atoms with E-state index in [1.807, 2.05) is 0 Å². The predicted molar refractivity (Wildman–Crippen MR) is 241 cm³/mol. The quantitative estimate of drug-likeness (QED) is 0.163. The minimum atomic E-state index is -0.569. The van der Waals surface area contributed by atoms with Crippen molar-refractivity contribution in [2.75, 3.05) is 0 Å². The first-order chi connectivity index (χ1) is 29.2. The van der Waals surface area contributed by atoms with Crippen LogP contribution in [0.5, 0.6) is 11.5 Å². The lowest BCUT2D eigenvalue weighted by atomic mass is 9.64. The fourth-order valence-electron chi connectivity index (χ4n) is 11.9. The first-order valence-corrected chi connectivity index (χ1v) is 20.7. The third-order valence-electron chi connectivity index (χ3n) is 14.1. The highest BCUT2D eigenvalue weighted by atomic mass is 16.5. The molecule has 0 saturated heterocycles. The first-order valence-electron chi connectivity index (χ1n) is 20.7. The standard InChI is InChI=1S/C58H34O/c1-2-15-37-33-52-46(31-36(37)14-1)44-20-8-10-22-48(44)57(52)47-21-9-7-19-43(47)45-32-38(25-28-51(45)57)39-27-29-54-53(34-39)58(56-40-16-4-3-13-35(40)26-30-55(56)59-54)49-23-11-5-17-41(49)42-18-6-12-24-50(42)58/h1-34H. The predicted octanol–water partition coefficient (Wildman–Crippen LogP) is 14.5. The Morgan fingerprint density at radius 2 is 0.746 bits per heavy atom. The maximum atomic E-state index is 6.97. The van der Waals surface area contributed by atoms with E-state index in [2.05, 4.69) is 206 Å². The lowest BCUT2D eigenvalue weighted by molar-refractivity contribution is 0.438. The zero-order valence-electron chi connectivity index (χ0n) is 32.0. The van der Waals surface area contributed by atoms with Crippen LogP contribution in [-0.4, -0.2) is 0 Å². The zero-order chi connectivity index (χ0) is 38.5. The molecule has 4 aliphatic rings. The topological polar surface area (TPSA) is 9.23 Å². The molecular formula is C58H34O. The molecule has 0 saturated carbocycles. The molecular weight excluding hydrogens is 713 g/mol. The van der Waals surface area contributed by atoms with Gasteiger partial charge in [0.25, 0.3) is 0 Å². The fourth-order valence-corrected chi connectivity index (χ4v) is 11.9. The number of hydrogen-bond acceptors (Lipinski definition) is 1. The van der Waals surface area contributed by atoms with Gasteiger partial charge in [-0.25, -0.2) is 0 Å². The summed E-state index contributed by atoms with van der Waals surface area (Å²) in [5.41, 5.74) is 19.7. The second-order valence-corrected chi connectivity index (χ2v) is 16.7. The van der Waals surface area contributed by atoms with E-state index in [1.165, 1.54) is 111 Å². The Hall–Kier alpha value is -7.48. The van der Waals surface area contributed by atoms with Gasteiger partial charge in [-0.1, -0.05) is 170 Å². The molecule has 10 aromatic carbocycles. The maximum absolute atomic E-state index is 6.97. The molecule has 1 nitrogen and oxygen atoms in total. The van der Waals surface area contributed by atoms with Crippen LogP contribution in [0.25, 0.3) is 66.1 Å². The minimum absolute atomic E-state index is 0.407. The van der Waals surface area contributed by atoms with Crippen LogP contribution in [0.3, 0.4) is 0 Å². The van der Waals surface area contributed by atoms with Crippen LogP contribution in [0.15, 0.2) is 206 Å². The molecule has 1 atom stereocenters. The Bertz CT molecular complexity index is 3450. The Morgan fingerprint density at radius 1 is 0.271 bits per heavy atom. The minimum Gasteiger partial charge on any atom is -0.457 e. The van der Waals surface area contributed by atoms with Crippen LogP contribution in [0.4, 0.5) is 0 Å². The second-order valence-electron chi connectivity index (χ2n) is 16.7. The Balaban J connectivity index is 1.03.